The Kier molecular flexibility index (Phi) is 6.20. The van der Waals surface area contributed by atoms with Crippen LogP contribution < -0.4 is 24.6 Å². The van der Waals surface area contributed by atoms with Gasteiger partial charge in [0.2, 0.25) is 17.8 Å². The lowest BCUT2D eigenvalue weighted by atomic mass is 10.0. The molecule has 0 aliphatic carbocycles. The van der Waals surface area contributed by atoms with Gasteiger partial charge in [-0.3, -0.25) is 9.59 Å². The Labute approximate surface area is 181 Å². The number of aromatic nitrogens is 2. The molecule has 2 amide bonds. The summed E-state index contributed by atoms with van der Waals surface area (Å²) < 4.78 is 10.6. The minimum atomic E-state index is -0.380. The molecule has 164 valence electrons. The minimum Gasteiger partial charge on any atom is -0.497 e. The molecule has 2 saturated heterocycles. The Morgan fingerprint density at radius 3 is 2.55 bits per heavy atom. The van der Waals surface area contributed by atoms with E-state index < -0.39 is 0 Å². The molecule has 2 fully saturated rings. The van der Waals surface area contributed by atoms with Crippen LogP contribution in [0.25, 0.3) is 0 Å². The van der Waals surface area contributed by atoms with Crippen LogP contribution in [-0.4, -0.2) is 61.7 Å². The fourth-order valence-corrected chi connectivity index (χ4v) is 4.12. The van der Waals surface area contributed by atoms with E-state index in [9.17, 15) is 9.59 Å². The highest BCUT2D eigenvalue weighted by molar-refractivity contribution is 6.01. The van der Waals surface area contributed by atoms with Crippen molar-refractivity contribution in [2.45, 2.75) is 25.3 Å². The Hall–Kier alpha value is -3.36. The normalized spacial score (nSPS) is 19.4. The van der Waals surface area contributed by atoms with Crippen molar-refractivity contribution >= 4 is 23.5 Å². The summed E-state index contributed by atoms with van der Waals surface area (Å²) in [7, 11) is 3.13. The van der Waals surface area contributed by atoms with E-state index in [4.69, 9.17) is 9.47 Å². The molecule has 2 aromatic rings. The van der Waals surface area contributed by atoms with Crippen LogP contribution in [0, 0.1) is 5.92 Å². The first-order valence-corrected chi connectivity index (χ1v) is 10.4. The number of piperidine rings is 1. The molecule has 31 heavy (non-hydrogen) atoms. The molecule has 1 aromatic carbocycles. The molecule has 0 saturated carbocycles. The van der Waals surface area contributed by atoms with Gasteiger partial charge in [-0.25, -0.2) is 9.97 Å². The van der Waals surface area contributed by atoms with Gasteiger partial charge in [0, 0.05) is 50.6 Å². The number of hydrogen-bond acceptors (Lipinski definition) is 7. The van der Waals surface area contributed by atoms with E-state index in [0.29, 0.717) is 23.7 Å². The van der Waals surface area contributed by atoms with Crippen molar-refractivity contribution < 1.29 is 19.1 Å². The first-order chi connectivity index (χ1) is 15.1. The number of hydrogen-bond donors (Lipinski definition) is 1. The van der Waals surface area contributed by atoms with Gasteiger partial charge in [-0.2, -0.15) is 0 Å². The minimum absolute atomic E-state index is 0.0715. The number of ether oxygens (including phenoxy) is 2. The highest BCUT2D eigenvalue weighted by Gasteiger charge is 2.37. The largest absolute Gasteiger partial charge is 0.497 e. The third kappa shape index (κ3) is 4.55. The van der Waals surface area contributed by atoms with Crippen molar-refractivity contribution in [1.29, 1.82) is 0 Å². The number of nitrogens with zero attached hydrogens (tertiary/aromatic N) is 4. The molecule has 9 nitrogen and oxygen atoms in total. The second kappa shape index (κ2) is 9.20. The van der Waals surface area contributed by atoms with Crippen LogP contribution in [0.5, 0.6) is 11.5 Å². The average molecular weight is 425 g/mol. The van der Waals surface area contributed by atoms with Crippen molar-refractivity contribution in [1.82, 2.24) is 15.3 Å². The number of amides is 2. The third-order valence-electron chi connectivity index (χ3n) is 5.85. The average Bonchev–Trinajstić information content (AvgIpc) is 3.21. The summed E-state index contributed by atoms with van der Waals surface area (Å²) in [5, 5.41) is 3.14. The quantitative estimate of drug-likeness (QED) is 0.751. The molecule has 4 rings (SSSR count). The van der Waals surface area contributed by atoms with Gasteiger partial charge in [0.25, 0.3) is 0 Å². The van der Waals surface area contributed by atoms with Crippen molar-refractivity contribution in [3.8, 4) is 11.5 Å². The number of benzene rings is 1. The maximum absolute atomic E-state index is 12.9. The van der Waals surface area contributed by atoms with E-state index >= 15 is 0 Å². The highest BCUT2D eigenvalue weighted by atomic mass is 16.5. The number of carbonyl (C=O) groups is 2. The third-order valence-corrected chi connectivity index (χ3v) is 5.85. The molecule has 1 aromatic heterocycles. The molecule has 2 aliphatic heterocycles. The van der Waals surface area contributed by atoms with Crippen LogP contribution in [-0.2, 0) is 9.59 Å². The topological polar surface area (TPSA) is 96.9 Å². The maximum atomic E-state index is 12.9. The summed E-state index contributed by atoms with van der Waals surface area (Å²) in [6, 6.07) is 7.19. The number of anilines is 2. The molecular formula is C22H27N5O4. The number of methoxy groups -OCH3 is 2. The number of rotatable bonds is 6. The second-order valence-electron chi connectivity index (χ2n) is 7.76. The molecule has 0 bridgehead atoms. The Bertz CT molecular complexity index is 931. The van der Waals surface area contributed by atoms with Crippen LogP contribution in [0.15, 0.2) is 36.7 Å². The molecule has 0 spiro atoms. The van der Waals surface area contributed by atoms with E-state index in [1.54, 1.807) is 55.8 Å². The lowest BCUT2D eigenvalue weighted by molar-refractivity contribution is -0.127. The SMILES string of the molecule is COc1ccc(N2CC(C(=O)NC3CCN(c4ncccn4)CC3)CC2=O)c(OC)c1. The zero-order valence-corrected chi connectivity index (χ0v) is 17.8. The van der Waals surface area contributed by atoms with Crippen LogP contribution in [0.4, 0.5) is 11.6 Å². The smallest absolute Gasteiger partial charge is 0.227 e. The lowest BCUT2D eigenvalue weighted by Gasteiger charge is -2.32. The molecule has 3 heterocycles. The van der Waals surface area contributed by atoms with Crippen molar-refractivity contribution in [3.05, 3.63) is 36.7 Å². The van der Waals surface area contributed by atoms with E-state index in [1.807, 2.05) is 0 Å². The summed E-state index contributed by atoms with van der Waals surface area (Å²) in [5.41, 5.74) is 0.653. The predicted molar refractivity (Wildman–Crippen MR) is 115 cm³/mol. The maximum Gasteiger partial charge on any atom is 0.227 e. The predicted octanol–water partition coefficient (Wildman–Crippen LogP) is 1.63. The van der Waals surface area contributed by atoms with Gasteiger partial charge in [0.1, 0.15) is 11.5 Å². The van der Waals surface area contributed by atoms with Crippen LogP contribution in [0.1, 0.15) is 19.3 Å². The standard InChI is InChI=1S/C22H27N5O4/c1-30-17-4-5-18(19(13-17)31-2)27-14-15(12-20(27)28)21(29)25-16-6-10-26(11-7-16)22-23-8-3-9-24-22/h3-5,8-9,13,15-16H,6-7,10-12,14H2,1-2H3,(H,25,29). The molecule has 0 radical (unpaired) electrons. The molecule has 9 heteroatoms. The summed E-state index contributed by atoms with van der Waals surface area (Å²) in [5.74, 6) is 1.38. The van der Waals surface area contributed by atoms with Gasteiger partial charge in [-0.05, 0) is 31.0 Å². The molecule has 1 unspecified atom stereocenters. The van der Waals surface area contributed by atoms with Crippen molar-refractivity contribution in [2.75, 3.05) is 43.7 Å². The number of carbonyl (C=O) groups excluding carboxylic acids is 2. The van der Waals surface area contributed by atoms with Crippen molar-refractivity contribution in [3.63, 3.8) is 0 Å². The summed E-state index contributed by atoms with van der Waals surface area (Å²) >= 11 is 0. The fraction of sp³-hybridized carbons (Fsp3) is 0.455. The van der Waals surface area contributed by atoms with Gasteiger partial charge < -0.3 is 24.6 Å². The zero-order chi connectivity index (χ0) is 21.8. The van der Waals surface area contributed by atoms with Gasteiger partial charge >= 0.3 is 0 Å². The van der Waals surface area contributed by atoms with E-state index in [-0.39, 0.29) is 30.2 Å². The molecule has 1 N–H and O–H groups in total. The Morgan fingerprint density at radius 1 is 1.13 bits per heavy atom. The fourth-order valence-electron chi connectivity index (χ4n) is 4.12. The van der Waals surface area contributed by atoms with Gasteiger partial charge in [0.05, 0.1) is 25.8 Å². The summed E-state index contributed by atoms with van der Waals surface area (Å²) in [6.07, 6.45) is 5.30. The first-order valence-electron chi connectivity index (χ1n) is 10.4. The van der Waals surface area contributed by atoms with E-state index in [1.165, 1.54) is 0 Å². The Balaban J connectivity index is 1.34. The lowest BCUT2D eigenvalue weighted by Crippen LogP contribution is -2.47. The molecule has 1 atom stereocenters. The zero-order valence-electron chi connectivity index (χ0n) is 17.8. The Morgan fingerprint density at radius 2 is 1.87 bits per heavy atom. The molecular weight excluding hydrogens is 398 g/mol. The van der Waals surface area contributed by atoms with Gasteiger partial charge in [0.15, 0.2) is 0 Å². The highest BCUT2D eigenvalue weighted by Crippen LogP contribution is 2.35. The van der Waals surface area contributed by atoms with Crippen LogP contribution >= 0.6 is 0 Å². The van der Waals surface area contributed by atoms with Crippen molar-refractivity contribution in [2.24, 2.45) is 5.92 Å². The van der Waals surface area contributed by atoms with Gasteiger partial charge in [-0.1, -0.05) is 0 Å². The van der Waals surface area contributed by atoms with Gasteiger partial charge in [-0.15, -0.1) is 0 Å². The second-order valence-corrected chi connectivity index (χ2v) is 7.76. The van der Waals surface area contributed by atoms with E-state index in [0.717, 1.165) is 31.9 Å². The van der Waals surface area contributed by atoms with E-state index in [2.05, 4.69) is 20.2 Å². The monoisotopic (exact) mass is 425 g/mol. The van der Waals surface area contributed by atoms with Crippen LogP contribution in [0.2, 0.25) is 0 Å². The molecule has 2 aliphatic rings. The number of nitrogens with one attached hydrogen (secondary N) is 1. The van der Waals surface area contributed by atoms with Crippen LogP contribution in [0.3, 0.4) is 0 Å². The summed E-state index contributed by atoms with van der Waals surface area (Å²) in [6.45, 7) is 1.91. The first kappa shape index (κ1) is 20.9. The summed E-state index contributed by atoms with van der Waals surface area (Å²) in [4.78, 5) is 37.8.